The number of nitrogens with zero attached hydrogens (tertiary/aromatic N) is 6. The maximum absolute atomic E-state index is 16.0. The number of guanidine groups is 1. The monoisotopic (exact) mass is 1910 g/mol. The minimum absolute atomic E-state index is 0.00778. The highest BCUT2D eigenvalue weighted by Crippen LogP contribution is 2.29. The lowest BCUT2D eigenvalue weighted by atomic mass is 9.98. The second-order valence-electron chi connectivity index (χ2n) is 35.8. The van der Waals surface area contributed by atoms with E-state index in [4.69, 9.17) is 28.3 Å². The fourth-order valence-electron chi connectivity index (χ4n) is 17.1. The fraction of sp³-hybridized carbons (Fsp3) is 0.565. The average Bonchev–Trinajstić information content (AvgIpc) is 1.52. The molecule has 3 fully saturated rings. The van der Waals surface area contributed by atoms with Crippen LogP contribution in [-0.4, -0.2) is 318 Å². The summed E-state index contributed by atoms with van der Waals surface area (Å²) in [7, 11) is 4.03. The molecule has 24 N–H and O–H groups in total. The maximum atomic E-state index is 16.0. The molecular formula is C92H135N23O20S. The molecule has 43 nitrogen and oxygen atoms in total. The summed E-state index contributed by atoms with van der Waals surface area (Å²) in [5.41, 5.74) is 25.5. The molecular weight excluding hydrogens is 1780 g/mol. The van der Waals surface area contributed by atoms with Gasteiger partial charge in [0.2, 0.25) is 94.5 Å². The number of aliphatic hydroxyl groups excluding tert-OH is 1. The van der Waals surface area contributed by atoms with Gasteiger partial charge in [0.15, 0.2) is 5.96 Å². The Balaban J connectivity index is 1.21. The number of H-pyrrole nitrogens is 1. The zero-order valence-corrected chi connectivity index (χ0v) is 79.6. The van der Waals surface area contributed by atoms with Crippen LogP contribution in [0.5, 0.6) is 5.75 Å². The third-order valence-corrected chi connectivity index (χ3v) is 25.6. The first kappa shape index (κ1) is 108. The predicted octanol–water partition coefficient (Wildman–Crippen LogP) is -2.24. The number of unbranched alkanes of at least 4 members (excludes halogenated alkanes) is 2. The van der Waals surface area contributed by atoms with Gasteiger partial charge in [-0.25, -0.2) is 0 Å². The lowest BCUT2D eigenvalue weighted by Gasteiger charge is -2.37. The number of carboxylic acid groups (broad SMARTS) is 1. The summed E-state index contributed by atoms with van der Waals surface area (Å²) in [5, 5.41) is 71.3. The summed E-state index contributed by atoms with van der Waals surface area (Å²) in [6, 6.07) is -0.649. The lowest BCUT2D eigenvalue weighted by molar-refractivity contribution is -0.149. The molecule has 0 spiro atoms. The quantitative estimate of drug-likeness (QED) is 0.0150. The van der Waals surface area contributed by atoms with Gasteiger partial charge in [0, 0.05) is 126 Å². The average molecular weight is 1920 g/mol. The number of hydrogen-bond acceptors (Lipinski definition) is 23. The van der Waals surface area contributed by atoms with Crippen LogP contribution >= 0.6 is 11.8 Å². The molecule has 3 aliphatic rings. The molecule has 3 saturated heterocycles. The van der Waals surface area contributed by atoms with Gasteiger partial charge >= 0.3 is 5.97 Å². The highest BCUT2D eigenvalue weighted by Gasteiger charge is 2.47. The Morgan fingerprint density at radius 1 is 0.596 bits per heavy atom. The number of phenolic OH excluding ortho intramolecular Hbond substituents is 1. The Morgan fingerprint density at radius 3 is 1.84 bits per heavy atom. The largest absolute Gasteiger partial charge is 0.508 e. The number of phenols is 1. The van der Waals surface area contributed by atoms with Gasteiger partial charge in [0.05, 0.1) is 30.9 Å². The van der Waals surface area contributed by atoms with E-state index in [1.54, 1.807) is 82.4 Å². The number of amides is 16. The molecule has 0 unspecified atom stereocenters. The number of carbonyl (C=O) groups excluding carboxylic acids is 16. The highest BCUT2D eigenvalue weighted by molar-refractivity contribution is 8.00. The Bertz CT molecular complexity index is 5090. The van der Waals surface area contributed by atoms with E-state index in [1.807, 2.05) is 13.8 Å². The van der Waals surface area contributed by atoms with Gasteiger partial charge in [-0.2, -0.15) is 0 Å². The van der Waals surface area contributed by atoms with Gasteiger partial charge in [-0.1, -0.05) is 116 Å². The standard InChI is InChI=1S/C92H135N23O20S/c1-11-13-25-70-83(127)102-56(21-19-33-98-92(96)97)43-100-68(80(124)101-44-75(95)119)48-136-49-76(120)103-64(36-53-29-31-57(116)32-30-53)87(131)110(8)52(7)79(123)105-66(40-74(94)118)89(133)114-34-20-28-71(114)84(128)108-67(41-93)82(126)106-63(35-50(3)4)90(134)115-46-58(117)39-73(115)85(129)104-62(37-54-42-99-61-24-17-15-22-59(54)61)81(125)109-78(51(5)6)86(130)107-65(88(132)112(10)72(26-14-12-2)91(135)111(70)9)38-55-45-113(47-77(121)122)69-27-18-16-23-60(55)69/h15-18,22-24,27,29-32,42,45,50-52,56,58,62-68,70-73,78,99-100,116-117H,11-14,19-21,25-26,28,33-41,43-44,46-49,93H2,1-10H3,(H2,94,118)(H2,95,119)(H,101,124)(H,102,127)(H,103,120)(H,104,129)(H,105,123)(H,106,126)(H,107,130)(H,108,128)(H,109,125)(H,121,122)(H4,96,97,98)/t52-,56-,58+,62-,63-,64-,65-,66-,67-,68-,70-,71-,72-,73-,78-/m0/s1. The molecule has 44 heteroatoms. The van der Waals surface area contributed by atoms with E-state index in [-0.39, 0.29) is 114 Å². The van der Waals surface area contributed by atoms with Gasteiger partial charge in [-0.15, -0.1) is 11.8 Å². The lowest BCUT2D eigenvalue weighted by Crippen LogP contribution is -2.62. The zero-order valence-electron chi connectivity index (χ0n) is 78.8. The Kier molecular flexibility index (Phi) is 41.2. The van der Waals surface area contributed by atoms with Crippen LogP contribution in [0.3, 0.4) is 0 Å². The molecule has 0 radical (unpaired) electrons. The number of likely N-dealkylation sites (N-methyl/N-ethyl adjacent to an activating group) is 3. The molecule has 0 saturated carbocycles. The van der Waals surface area contributed by atoms with Crippen molar-refractivity contribution in [2.45, 2.75) is 248 Å². The molecule has 5 heterocycles. The number of nitrogens with two attached hydrogens (primary N) is 4. The minimum atomic E-state index is -1.76. The van der Waals surface area contributed by atoms with Crippen molar-refractivity contribution < 1.29 is 96.8 Å². The van der Waals surface area contributed by atoms with Crippen molar-refractivity contribution in [3.63, 3.8) is 0 Å². The van der Waals surface area contributed by atoms with E-state index in [0.29, 0.717) is 64.2 Å². The molecule has 16 amide bonds. The number of fused-ring (bicyclic) bond motifs is 4. The third-order valence-electron chi connectivity index (χ3n) is 24.6. The summed E-state index contributed by atoms with van der Waals surface area (Å²) in [5.74, 6) is -17.6. The van der Waals surface area contributed by atoms with Crippen LogP contribution in [-0.2, 0) is 107 Å². The summed E-state index contributed by atoms with van der Waals surface area (Å²) >= 11 is 0.902. The second kappa shape index (κ2) is 51.7. The molecule has 5 aromatic rings. The molecule has 2 aromatic heterocycles. The van der Waals surface area contributed by atoms with Gasteiger partial charge < -0.3 is 131 Å². The molecule has 15 atom stereocenters. The number of aromatic amines is 1. The van der Waals surface area contributed by atoms with Crippen LogP contribution in [0.2, 0.25) is 0 Å². The number of carboxylic acids is 1. The molecule has 136 heavy (non-hydrogen) atoms. The van der Waals surface area contributed by atoms with Gasteiger partial charge in [0.1, 0.15) is 84.8 Å². The number of para-hydroxylation sites is 2. The Morgan fingerprint density at radius 2 is 1.19 bits per heavy atom. The topological polar surface area (TPSA) is 648 Å². The molecule has 3 aromatic carbocycles. The van der Waals surface area contributed by atoms with E-state index in [2.05, 4.69) is 63.5 Å². The fourth-order valence-corrected chi connectivity index (χ4v) is 17.9. The minimum Gasteiger partial charge on any atom is -0.508 e. The number of aliphatic carboxylic acids is 1. The highest BCUT2D eigenvalue weighted by atomic mass is 32.2. The molecule has 0 bridgehead atoms. The van der Waals surface area contributed by atoms with Crippen molar-refractivity contribution in [2.24, 2.45) is 34.8 Å². The molecule has 3 aliphatic heterocycles. The van der Waals surface area contributed by atoms with Crippen molar-refractivity contribution in [2.75, 3.05) is 71.9 Å². The molecule has 0 aliphatic carbocycles. The molecule has 8 rings (SSSR count). The summed E-state index contributed by atoms with van der Waals surface area (Å²) < 4.78 is 1.46. The van der Waals surface area contributed by atoms with Crippen molar-refractivity contribution in [3.05, 3.63) is 102 Å². The van der Waals surface area contributed by atoms with Crippen molar-refractivity contribution in [3.8, 4) is 5.75 Å². The smallest absolute Gasteiger partial charge is 0.323 e. The van der Waals surface area contributed by atoms with Crippen LogP contribution in [0.1, 0.15) is 149 Å². The normalized spacial score (nSPS) is 24.7. The summed E-state index contributed by atoms with van der Waals surface area (Å²) in [6.07, 6.45) is 2.18. The Hall–Kier alpha value is -13.0. The van der Waals surface area contributed by atoms with E-state index < -0.39 is 235 Å². The number of benzene rings is 3. The number of aromatic hydroxyl groups is 1. The first-order chi connectivity index (χ1) is 64.5. The number of thioether (sulfide) groups is 1. The van der Waals surface area contributed by atoms with Crippen LogP contribution < -0.4 is 81.4 Å². The van der Waals surface area contributed by atoms with E-state index >= 15 is 33.6 Å². The number of primary amides is 2. The van der Waals surface area contributed by atoms with Gasteiger partial charge in [-0.3, -0.25) is 86.9 Å². The van der Waals surface area contributed by atoms with Crippen molar-refractivity contribution >= 4 is 140 Å². The van der Waals surface area contributed by atoms with Crippen LogP contribution in [0.15, 0.2) is 85.2 Å². The summed E-state index contributed by atoms with van der Waals surface area (Å²) in [6.45, 7) is 9.42. The van der Waals surface area contributed by atoms with E-state index in [1.165, 1.54) is 72.9 Å². The number of nitrogens with one attached hydrogen (secondary N) is 13. The van der Waals surface area contributed by atoms with Crippen LogP contribution in [0, 0.1) is 17.2 Å². The van der Waals surface area contributed by atoms with Crippen LogP contribution in [0.4, 0.5) is 0 Å². The van der Waals surface area contributed by atoms with E-state index in [0.717, 1.165) is 26.5 Å². The van der Waals surface area contributed by atoms with Crippen LogP contribution in [0.25, 0.3) is 21.8 Å². The third kappa shape index (κ3) is 30.5. The number of carbonyl (C=O) groups is 17. The number of aliphatic hydroxyl groups is 1. The number of rotatable bonds is 27. The molecule has 744 valence electrons. The summed E-state index contributed by atoms with van der Waals surface area (Å²) in [4.78, 5) is 257. The van der Waals surface area contributed by atoms with Crippen molar-refractivity contribution in [1.82, 2.24) is 92.5 Å². The maximum Gasteiger partial charge on any atom is 0.323 e. The first-order valence-electron chi connectivity index (χ1n) is 46.1. The van der Waals surface area contributed by atoms with Gasteiger partial charge in [-0.05, 0) is 105 Å². The zero-order chi connectivity index (χ0) is 100. The Labute approximate surface area is 793 Å². The number of hydrogen-bond donors (Lipinski definition) is 20. The van der Waals surface area contributed by atoms with E-state index in [9.17, 15) is 63.3 Å². The number of aromatic nitrogens is 2. The van der Waals surface area contributed by atoms with Gasteiger partial charge in [0.25, 0.3) is 0 Å². The SMILES string of the molecule is CCCC[C@H]1C(=O)N(C)[C@@H](CCCC)C(=O)N[C@@H](CCCNC(=N)N)CN[C@H](C(=O)NCC(N)=O)CSCC(=O)N[C@@H](Cc2ccc(O)cc2)C(=O)N(C)[C@@H](C)C(=O)N[C@@H](CC(N)=O)C(=O)N2CCC[C@H]2C(=O)N[C@@H](CN)C(=O)N[C@@H](CC(C)C)C(=O)N2C[C@H](O)C[C@H]2C(=O)N[C@@H](Cc2c[nH]c3ccccc23)C(=O)N[C@@H](C(C)C)C(=O)N[C@@H](Cc2cn(CC(=O)O)c3ccccc23)C(=O)N1C. The second-order valence-corrected chi connectivity index (χ2v) is 36.8. The predicted molar refractivity (Wildman–Crippen MR) is 505 cm³/mol. The van der Waals surface area contributed by atoms with Crippen molar-refractivity contribution in [1.29, 1.82) is 5.41 Å². The first-order valence-corrected chi connectivity index (χ1v) is 47.3.